The summed E-state index contributed by atoms with van der Waals surface area (Å²) < 4.78 is 5.09. The van der Waals surface area contributed by atoms with E-state index in [9.17, 15) is 0 Å². The van der Waals surface area contributed by atoms with Crippen molar-refractivity contribution in [2.75, 3.05) is 51.3 Å². The molecule has 1 fully saturated rings. The van der Waals surface area contributed by atoms with Gasteiger partial charge in [0.2, 0.25) is 0 Å². The van der Waals surface area contributed by atoms with Crippen molar-refractivity contribution in [3.63, 3.8) is 0 Å². The van der Waals surface area contributed by atoms with Crippen molar-refractivity contribution in [3.8, 4) is 6.01 Å². The van der Waals surface area contributed by atoms with Crippen LogP contribution >= 0.6 is 11.6 Å². The fraction of sp³-hybridized carbons (Fsp3) is 0.714. The van der Waals surface area contributed by atoms with E-state index in [4.69, 9.17) is 22.1 Å². The van der Waals surface area contributed by atoms with Crippen LogP contribution in [0.1, 0.15) is 13.3 Å². The van der Waals surface area contributed by atoms with Crippen molar-refractivity contribution in [2.45, 2.75) is 13.3 Å². The summed E-state index contributed by atoms with van der Waals surface area (Å²) in [6.45, 7) is 7.88. The molecule has 1 saturated heterocycles. The summed E-state index contributed by atoms with van der Waals surface area (Å²) in [5.74, 6) is 1.29. The molecule has 2 heterocycles. The van der Waals surface area contributed by atoms with Crippen LogP contribution in [0.25, 0.3) is 0 Å². The molecule has 1 unspecified atom stereocenters. The maximum Gasteiger partial charge on any atom is 0.318 e. The quantitative estimate of drug-likeness (QED) is 0.882. The van der Waals surface area contributed by atoms with Crippen LogP contribution in [-0.2, 0) is 0 Å². The van der Waals surface area contributed by atoms with Crippen LogP contribution in [0.4, 0.5) is 5.82 Å². The molecule has 1 aliphatic heterocycles. The number of ether oxygens (including phenoxy) is 1. The lowest BCUT2D eigenvalue weighted by molar-refractivity contribution is 0.255. The summed E-state index contributed by atoms with van der Waals surface area (Å²) in [4.78, 5) is 13.1. The van der Waals surface area contributed by atoms with E-state index in [1.165, 1.54) is 0 Å². The molecule has 0 bridgehead atoms. The fourth-order valence-electron chi connectivity index (χ4n) is 2.54. The molecule has 0 spiro atoms. The molecule has 118 valence electrons. The molecule has 1 atom stereocenters. The minimum atomic E-state index is 0.354. The van der Waals surface area contributed by atoms with Crippen molar-refractivity contribution >= 4 is 17.4 Å². The number of hydrogen-bond acceptors (Lipinski definition) is 6. The Balaban J connectivity index is 2.02. The normalized spacial score (nSPS) is 18.4. The molecule has 2 N–H and O–H groups in total. The van der Waals surface area contributed by atoms with Crippen LogP contribution in [0.5, 0.6) is 6.01 Å². The average Bonchev–Trinajstić information content (AvgIpc) is 2.73. The smallest absolute Gasteiger partial charge is 0.318 e. The summed E-state index contributed by atoms with van der Waals surface area (Å²) in [6.07, 6.45) is 2.68. The molecule has 2 rings (SSSR count). The lowest BCUT2D eigenvalue weighted by Crippen LogP contribution is -2.35. The van der Waals surface area contributed by atoms with Crippen molar-refractivity contribution < 1.29 is 4.74 Å². The largest absolute Gasteiger partial charge is 0.467 e. The van der Waals surface area contributed by atoms with E-state index >= 15 is 0 Å². The van der Waals surface area contributed by atoms with Crippen LogP contribution in [0, 0.1) is 5.92 Å². The standard InChI is InChI=1S/C14H24ClN5O/c1-11(8-16)10-19-4-3-5-20(7-6-19)13-12(15)9-17-14(18-13)21-2/h9,11H,3-8,10,16H2,1-2H3. The Morgan fingerprint density at radius 2 is 2.19 bits per heavy atom. The molecule has 1 aromatic rings. The Bertz CT molecular complexity index is 459. The van der Waals surface area contributed by atoms with Crippen molar-refractivity contribution in [3.05, 3.63) is 11.2 Å². The number of methoxy groups -OCH3 is 1. The van der Waals surface area contributed by atoms with Crippen molar-refractivity contribution in [1.29, 1.82) is 0 Å². The molecule has 0 radical (unpaired) electrons. The molecular formula is C14H24ClN5O. The monoisotopic (exact) mass is 313 g/mol. The zero-order chi connectivity index (χ0) is 15.2. The van der Waals surface area contributed by atoms with Gasteiger partial charge in [0.15, 0.2) is 5.82 Å². The molecule has 21 heavy (non-hydrogen) atoms. The zero-order valence-electron chi connectivity index (χ0n) is 12.8. The summed E-state index contributed by atoms with van der Waals surface area (Å²) in [7, 11) is 1.56. The lowest BCUT2D eigenvalue weighted by Gasteiger charge is -2.24. The number of aromatic nitrogens is 2. The van der Waals surface area contributed by atoms with Gasteiger partial charge in [-0.3, -0.25) is 0 Å². The predicted octanol–water partition coefficient (Wildman–Crippen LogP) is 1.25. The van der Waals surface area contributed by atoms with Crippen LogP contribution < -0.4 is 15.4 Å². The van der Waals surface area contributed by atoms with E-state index < -0.39 is 0 Å². The van der Waals surface area contributed by atoms with Gasteiger partial charge in [0.1, 0.15) is 5.02 Å². The second kappa shape index (κ2) is 7.77. The topological polar surface area (TPSA) is 67.5 Å². The van der Waals surface area contributed by atoms with Crippen molar-refractivity contribution in [2.24, 2.45) is 11.7 Å². The number of anilines is 1. The molecule has 1 aliphatic rings. The van der Waals surface area contributed by atoms with Gasteiger partial charge in [-0.05, 0) is 25.4 Å². The van der Waals surface area contributed by atoms with Crippen LogP contribution in [0.15, 0.2) is 6.20 Å². The third-order valence-corrected chi connectivity index (χ3v) is 4.01. The molecule has 0 saturated carbocycles. The minimum Gasteiger partial charge on any atom is -0.467 e. The Kier molecular flexibility index (Phi) is 6.02. The molecule has 1 aromatic heterocycles. The van der Waals surface area contributed by atoms with Gasteiger partial charge in [0.25, 0.3) is 0 Å². The van der Waals surface area contributed by atoms with Gasteiger partial charge < -0.3 is 20.3 Å². The maximum absolute atomic E-state index is 6.23. The molecule has 0 amide bonds. The highest BCUT2D eigenvalue weighted by Crippen LogP contribution is 2.25. The molecule has 7 heteroatoms. The van der Waals surface area contributed by atoms with E-state index in [-0.39, 0.29) is 0 Å². The van der Waals surface area contributed by atoms with Gasteiger partial charge in [0.05, 0.1) is 13.3 Å². The van der Waals surface area contributed by atoms with Crippen molar-refractivity contribution in [1.82, 2.24) is 14.9 Å². The number of nitrogens with zero attached hydrogens (tertiary/aromatic N) is 4. The second-order valence-electron chi connectivity index (χ2n) is 5.51. The van der Waals surface area contributed by atoms with Gasteiger partial charge in [-0.15, -0.1) is 0 Å². The van der Waals surface area contributed by atoms with E-state index in [1.54, 1.807) is 13.3 Å². The second-order valence-corrected chi connectivity index (χ2v) is 5.92. The Labute approximate surface area is 131 Å². The van der Waals surface area contributed by atoms with Crippen LogP contribution in [0.2, 0.25) is 5.02 Å². The van der Waals surface area contributed by atoms with Gasteiger partial charge in [-0.1, -0.05) is 18.5 Å². The van der Waals surface area contributed by atoms with Gasteiger partial charge in [-0.2, -0.15) is 4.98 Å². The van der Waals surface area contributed by atoms with E-state index in [1.807, 2.05) is 0 Å². The van der Waals surface area contributed by atoms with Crippen LogP contribution in [0.3, 0.4) is 0 Å². The fourth-order valence-corrected chi connectivity index (χ4v) is 2.75. The first kappa shape index (κ1) is 16.3. The first-order valence-corrected chi connectivity index (χ1v) is 7.75. The first-order chi connectivity index (χ1) is 10.1. The van der Waals surface area contributed by atoms with E-state index in [0.717, 1.165) is 51.5 Å². The van der Waals surface area contributed by atoms with Crippen LogP contribution in [-0.4, -0.2) is 61.2 Å². The first-order valence-electron chi connectivity index (χ1n) is 7.38. The highest BCUT2D eigenvalue weighted by molar-refractivity contribution is 6.32. The number of halogens is 1. The minimum absolute atomic E-state index is 0.354. The van der Waals surface area contributed by atoms with Gasteiger partial charge >= 0.3 is 6.01 Å². The molecule has 0 aromatic carbocycles. The molecule has 6 nitrogen and oxygen atoms in total. The van der Waals surface area contributed by atoms with E-state index in [0.29, 0.717) is 17.0 Å². The molecule has 0 aliphatic carbocycles. The summed E-state index contributed by atoms with van der Waals surface area (Å²) in [5, 5.41) is 0.569. The number of hydrogen-bond donors (Lipinski definition) is 1. The SMILES string of the molecule is COc1ncc(Cl)c(N2CCCN(CC(C)CN)CC2)n1. The van der Waals surface area contributed by atoms with E-state index in [2.05, 4.69) is 26.7 Å². The van der Waals surface area contributed by atoms with Gasteiger partial charge in [-0.25, -0.2) is 4.98 Å². The zero-order valence-corrected chi connectivity index (χ0v) is 13.5. The Morgan fingerprint density at radius 3 is 2.90 bits per heavy atom. The number of rotatable bonds is 5. The molecular weight excluding hydrogens is 290 g/mol. The van der Waals surface area contributed by atoms with Gasteiger partial charge in [0, 0.05) is 26.2 Å². The average molecular weight is 314 g/mol. The highest BCUT2D eigenvalue weighted by atomic mass is 35.5. The highest BCUT2D eigenvalue weighted by Gasteiger charge is 2.19. The third-order valence-electron chi connectivity index (χ3n) is 3.75. The maximum atomic E-state index is 6.23. The number of nitrogens with two attached hydrogens (primary N) is 1. The summed E-state index contributed by atoms with van der Waals surface area (Å²) >= 11 is 6.23. The third kappa shape index (κ3) is 4.43. The Morgan fingerprint density at radius 1 is 1.38 bits per heavy atom. The summed E-state index contributed by atoms with van der Waals surface area (Å²) in [5.41, 5.74) is 5.71. The predicted molar refractivity (Wildman–Crippen MR) is 85.1 cm³/mol. The summed E-state index contributed by atoms with van der Waals surface area (Å²) in [6, 6.07) is 0.354. The lowest BCUT2D eigenvalue weighted by atomic mass is 10.1. The Hall–Kier alpha value is -1.11.